The Morgan fingerprint density at radius 3 is 2.06 bits per heavy atom. The van der Waals surface area contributed by atoms with E-state index in [1.165, 1.54) is 0 Å². The highest BCUT2D eigenvalue weighted by Gasteiger charge is 2.48. The van der Waals surface area contributed by atoms with Crippen LogP contribution in [0.15, 0.2) is 85.2 Å². The van der Waals surface area contributed by atoms with Crippen LogP contribution >= 0.6 is 11.6 Å². The first-order chi connectivity index (χ1) is 22.7. The molecule has 244 valence electrons. The molecule has 4 heterocycles. The van der Waals surface area contributed by atoms with E-state index < -0.39 is 17.5 Å². The van der Waals surface area contributed by atoms with Crippen LogP contribution in [0.25, 0.3) is 0 Å². The first kappa shape index (κ1) is 31.0. The van der Waals surface area contributed by atoms with E-state index >= 15 is 0 Å². The van der Waals surface area contributed by atoms with E-state index in [-0.39, 0.29) is 12.0 Å². The second-order valence-corrected chi connectivity index (χ2v) is 12.7. The van der Waals surface area contributed by atoms with Gasteiger partial charge >= 0.3 is 6.09 Å². The van der Waals surface area contributed by atoms with Gasteiger partial charge < -0.3 is 28.7 Å². The smallest absolute Gasteiger partial charge is 0.422 e. The number of hydrogen-bond donors (Lipinski definition) is 0. The highest BCUT2D eigenvalue weighted by molar-refractivity contribution is 6.30. The minimum absolute atomic E-state index is 0.285. The van der Waals surface area contributed by atoms with Crippen molar-refractivity contribution in [3.8, 4) is 5.75 Å². The molecular formula is C34H35ClN6O6. The summed E-state index contributed by atoms with van der Waals surface area (Å²) in [5, 5.41) is 8.64. The molecule has 3 saturated heterocycles. The second kappa shape index (κ2) is 12.5. The van der Waals surface area contributed by atoms with Crippen LogP contribution in [0.1, 0.15) is 19.4 Å². The predicted octanol–water partition coefficient (Wildman–Crippen LogP) is 4.87. The maximum Gasteiger partial charge on any atom is 0.422 e. The van der Waals surface area contributed by atoms with Crippen LogP contribution in [0, 0.1) is 0 Å². The van der Waals surface area contributed by atoms with E-state index in [9.17, 15) is 9.59 Å². The van der Waals surface area contributed by atoms with E-state index in [0.29, 0.717) is 30.5 Å². The van der Waals surface area contributed by atoms with Crippen molar-refractivity contribution in [2.24, 2.45) is 0 Å². The molecule has 0 radical (unpaired) electrons. The lowest BCUT2D eigenvalue weighted by atomic mass is 10.1. The molecule has 0 aliphatic carbocycles. The van der Waals surface area contributed by atoms with E-state index in [0.717, 1.165) is 53.8 Å². The molecule has 4 aromatic rings. The van der Waals surface area contributed by atoms with Gasteiger partial charge in [0.15, 0.2) is 5.60 Å². The number of rotatable bonds is 9. The molecule has 2 unspecified atom stereocenters. The molecule has 3 fully saturated rings. The summed E-state index contributed by atoms with van der Waals surface area (Å²) in [5.41, 5.74) is 2.36. The number of imide groups is 1. The summed E-state index contributed by atoms with van der Waals surface area (Å²) in [7, 11) is 0. The molecule has 0 spiro atoms. The number of anilines is 3. The van der Waals surface area contributed by atoms with Gasteiger partial charge in [0.05, 0.1) is 18.5 Å². The summed E-state index contributed by atoms with van der Waals surface area (Å²) in [4.78, 5) is 30.6. The lowest BCUT2D eigenvalue weighted by molar-refractivity contribution is -0.191. The van der Waals surface area contributed by atoms with Crippen molar-refractivity contribution < 1.29 is 28.5 Å². The number of piperazine rings is 1. The summed E-state index contributed by atoms with van der Waals surface area (Å²) in [6, 6.07) is 23.0. The molecule has 0 saturated carbocycles. The molecule has 3 aliphatic rings. The zero-order chi connectivity index (χ0) is 32.6. The predicted molar refractivity (Wildman–Crippen MR) is 175 cm³/mol. The third-order valence-corrected chi connectivity index (χ3v) is 8.87. The third-order valence-electron chi connectivity index (χ3n) is 8.62. The SMILES string of the molecule is CC1(C)OC(=O)N(c2ccc(N3CCN(c4ccc(OCC5COC(Cn6ccnn6)(c6ccc(Cl)cc6)O5)cc4)CC3)cc2)C1=O. The zero-order valence-corrected chi connectivity index (χ0v) is 26.9. The van der Waals surface area contributed by atoms with E-state index in [1.54, 1.807) is 43.1 Å². The molecule has 12 nitrogen and oxygen atoms in total. The van der Waals surface area contributed by atoms with Gasteiger partial charge in [-0.1, -0.05) is 28.9 Å². The molecule has 3 aliphatic heterocycles. The molecule has 2 atom stereocenters. The van der Waals surface area contributed by atoms with Gasteiger partial charge in [-0.25, -0.2) is 14.4 Å². The van der Waals surface area contributed by atoms with Crippen molar-refractivity contribution in [2.75, 3.05) is 54.1 Å². The van der Waals surface area contributed by atoms with Crippen LogP contribution < -0.4 is 19.4 Å². The maximum atomic E-state index is 12.6. The lowest BCUT2D eigenvalue weighted by Crippen LogP contribution is -2.46. The van der Waals surface area contributed by atoms with Crippen LogP contribution in [0.5, 0.6) is 5.75 Å². The maximum absolute atomic E-state index is 12.6. The Bertz CT molecular complexity index is 1710. The van der Waals surface area contributed by atoms with Crippen molar-refractivity contribution in [3.63, 3.8) is 0 Å². The topological polar surface area (TPSA) is 111 Å². The number of ether oxygens (including phenoxy) is 4. The summed E-state index contributed by atoms with van der Waals surface area (Å²) in [6.45, 7) is 7.58. The molecule has 7 rings (SSSR count). The van der Waals surface area contributed by atoms with Gasteiger partial charge in [-0.2, -0.15) is 0 Å². The van der Waals surface area contributed by atoms with Crippen LogP contribution in [-0.4, -0.2) is 78.1 Å². The quantitative estimate of drug-likeness (QED) is 0.247. The monoisotopic (exact) mass is 658 g/mol. The molecule has 13 heteroatoms. The van der Waals surface area contributed by atoms with E-state index in [1.807, 2.05) is 48.5 Å². The fourth-order valence-electron chi connectivity index (χ4n) is 6.07. The minimum Gasteiger partial charge on any atom is -0.491 e. The van der Waals surface area contributed by atoms with Gasteiger partial charge in [-0.15, -0.1) is 5.10 Å². The Labute approximate surface area is 277 Å². The average Bonchev–Trinajstić information content (AvgIpc) is 3.79. The first-order valence-electron chi connectivity index (χ1n) is 15.5. The highest BCUT2D eigenvalue weighted by Crippen LogP contribution is 2.37. The lowest BCUT2D eigenvalue weighted by Gasteiger charge is -2.37. The van der Waals surface area contributed by atoms with Gasteiger partial charge in [0.2, 0.25) is 5.79 Å². The minimum atomic E-state index is -1.15. The number of halogens is 1. The Morgan fingerprint density at radius 1 is 0.872 bits per heavy atom. The number of carbonyl (C=O) groups is 2. The molecule has 0 N–H and O–H groups in total. The van der Waals surface area contributed by atoms with Crippen molar-refractivity contribution in [3.05, 3.63) is 95.8 Å². The van der Waals surface area contributed by atoms with Crippen LogP contribution in [0.3, 0.4) is 0 Å². The largest absolute Gasteiger partial charge is 0.491 e. The van der Waals surface area contributed by atoms with Crippen LogP contribution in [0.4, 0.5) is 21.9 Å². The van der Waals surface area contributed by atoms with Gasteiger partial charge in [-0.3, -0.25) is 4.79 Å². The first-order valence-corrected chi connectivity index (χ1v) is 15.9. The number of nitrogens with zero attached hydrogens (tertiary/aromatic N) is 6. The summed E-state index contributed by atoms with van der Waals surface area (Å²) >= 11 is 6.13. The molecule has 3 aromatic carbocycles. The summed E-state index contributed by atoms with van der Waals surface area (Å²) in [6.07, 6.45) is 2.46. The van der Waals surface area contributed by atoms with Crippen molar-refractivity contribution in [1.29, 1.82) is 0 Å². The Hall–Kier alpha value is -4.65. The van der Waals surface area contributed by atoms with Gasteiger partial charge in [-0.05, 0) is 74.5 Å². The van der Waals surface area contributed by atoms with Gasteiger partial charge in [0.25, 0.3) is 5.91 Å². The van der Waals surface area contributed by atoms with E-state index in [2.05, 4.69) is 32.2 Å². The Morgan fingerprint density at radius 2 is 1.49 bits per heavy atom. The average molecular weight is 659 g/mol. The molecule has 47 heavy (non-hydrogen) atoms. The third kappa shape index (κ3) is 6.36. The number of hydrogen-bond acceptors (Lipinski definition) is 10. The summed E-state index contributed by atoms with van der Waals surface area (Å²) < 4.78 is 25.7. The highest BCUT2D eigenvalue weighted by atomic mass is 35.5. The number of cyclic esters (lactones) is 1. The number of amides is 2. The normalized spacial score (nSPS) is 22.5. The number of aromatic nitrogens is 3. The molecule has 0 bridgehead atoms. The second-order valence-electron chi connectivity index (χ2n) is 12.2. The van der Waals surface area contributed by atoms with Crippen molar-refractivity contribution in [1.82, 2.24) is 15.0 Å². The number of carbonyl (C=O) groups excluding carboxylic acids is 2. The summed E-state index contributed by atoms with van der Waals surface area (Å²) in [5.74, 6) is -0.643. The zero-order valence-electron chi connectivity index (χ0n) is 26.1. The molecular weight excluding hydrogens is 624 g/mol. The fourth-order valence-corrected chi connectivity index (χ4v) is 6.19. The van der Waals surface area contributed by atoms with Crippen molar-refractivity contribution in [2.45, 2.75) is 37.9 Å². The van der Waals surface area contributed by atoms with Crippen LogP contribution in [0.2, 0.25) is 5.02 Å². The van der Waals surface area contributed by atoms with Gasteiger partial charge in [0.1, 0.15) is 25.0 Å². The van der Waals surface area contributed by atoms with Gasteiger partial charge in [0, 0.05) is 54.3 Å². The van der Waals surface area contributed by atoms with Crippen molar-refractivity contribution >= 4 is 40.7 Å². The fraction of sp³-hybridized carbons (Fsp3) is 0.353. The standard InChI is InChI=1S/C34H35ClN6O6/c1-33(2)31(42)41(32(43)47-33)28-9-7-26(8-10-28)38-17-19-39(20-18-38)27-11-13-29(14-12-27)44-21-30-22-45-34(46-30,23-40-16-15-36-37-40)24-3-5-25(35)6-4-24/h3-16,30H,17-23H2,1-2H3. The molecule has 1 aromatic heterocycles. The van der Waals surface area contributed by atoms with E-state index in [4.69, 9.17) is 30.5 Å². The Kier molecular flexibility index (Phi) is 8.25. The number of benzene rings is 3. The van der Waals surface area contributed by atoms with Crippen LogP contribution in [-0.2, 0) is 31.3 Å². The molecule has 2 amide bonds. The Balaban J connectivity index is 0.916.